The first kappa shape index (κ1) is 19.0. The number of carbonyl (C=O) groups is 3. The van der Waals surface area contributed by atoms with Crippen molar-refractivity contribution in [3.8, 4) is 0 Å². The average Bonchev–Trinajstić information content (AvgIpc) is 2.60. The quantitative estimate of drug-likeness (QED) is 0.770. The molecule has 7 heteroatoms. The Morgan fingerprint density at radius 3 is 2.38 bits per heavy atom. The Kier molecular flexibility index (Phi) is 6.32. The van der Waals surface area contributed by atoms with Crippen LogP contribution in [0.15, 0.2) is 48.5 Å². The van der Waals surface area contributed by atoms with Gasteiger partial charge in [-0.15, -0.1) is 0 Å². The molecule has 0 aliphatic rings. The van der Waals surface area contributed by atoms with Crippen LogP contribution in [0, 0.1) is 6.92 Å². The van der Waals surface area contributed by atoms with Gasteiger partial charge in [-0.2, -0.15) is 0 Å². The number of para-hydroxylation sites is 1. The molecule has 0 saturated heterocycles. The molecule has 0 aliphatic carbocycles. The van der Waals surface area contributed by atoms with Gasteiger partial charge in [0.2, 0.25) is 5.91 Å². The standard InChI is InChI=1S/C19H22N4O3/c1-13-7-6-8-14(11-13)21-19(26)20-12-17(24)22-16-10-5-4-9-15(16)18(25)23(2)3/h4-11H,12H2,1-3H3,(H,22,24)(H2,20,21,26). The molecule has 0 fully saturated rings. The van der Waals surface area contributed by atoms with Gasteiger partial charge in [0.25, 0.3) is 5.91 Å². The van der Waals surface area contributed by atoms with E-state index >= 15 is 0 Å². The molecule has 7 nitrogen and oxygen atoms in total. The minimum absolute atomic E-state index is 0.217. The molecular formula is C19H22N4O3. The molecule has 2 aromatic rings. The van der Waals surface area contributed by atoms with E-state index in [1.54, 1.807) is 44.4 Å². The van der Waals surface area contributed by atoms with E-state index in [0.29, 0.717) is 16.9 Å². The third-order valence-corrected chi connectivity index (χ3v) is 3.52. The fourth-order valence-corrected chi connectivity index (χ4v) is 2.27. The predicted molar refractivity (Wildman–Crippen MR) is 101 cm³/mol. The number of nitrogens with zero attached hydrogens (tertiary/aromatic N) is 1. The second-order valence-electron chi connectivity index (χ2n) is 5.97. The molecule has 0 heterocycles. The molecule has 0 bridgehead atoms. The topological polar surface area (TPSA) is 90.5 Å². The minimum Gasteiger partial charge on any atom is -0.345 e. The molecule has 2 aromatic carbocycles. The average molecular weight is 354 g/mol. The Labute approximate surface area is 152 Å². The lowest BCUT2D eigenvalue weighted by Crippen LogP contribution is -2.36. The molecule has 0 aromatic heterocycles. The first-order valence-electron chi connectivity index (χ1n) is 8.09. The van der Waals surface area contributed by atoms with Crippen LogP contribution in [0.2, 0.25) is 0 Å². The Bertz CT molecular complexity index is 818. The molecular weight excluding hydrogens is 332 g/mol. The van der Waals surface area contributed by atoms with Gasteiger partial charge >= 0.3 is 6.03 Å². The SMILES string of the molecule is Cc1cccc(NC(=O)NCC(=O)Nc2ccccc2C(=O)N(C)C)c1. The van der Waals surface area contributed by atoms with Gasteiger partial charge in [0.15, 0.2) is 0 Å². The maximum atomic E-state index is 12.1. The van der Waals surface area contributed by atoms with Gasteiger partial charge < -0.3 is 20.9 Å². The maximum absolute atomic E-state index is 12.1. The van der Waals surface area contributed by atoms with Crippen LogP contribution < -0.4 is 16.0 Å². The van der Waals surface area contributed by atoms with Crippen LogP contribution >= 0.6 is 0 Å². The largest absolute Gasteiger partial charge is 0.345 e. The summed E-state index contributed by atoms with van der Waals surface area (Å²) in [5, 5.41) is 7.79. The highest BCUT2D eigenvalue weighted by Gasteiger charge is 2.14. The maximum Gasteiger partial charge on any atom is 0.319 e. The molecule has 136 valence electrons. The highest BCUT2D eigenvalue weighted by molar-refractivity contribution is 6.04. The number of hydrogen-bond acceptors (Lipinski definition) is 3. The van der Waals surface area contributed by atoms with Gasteiger partial charge in [0.05, 0.1) is 17.8 Å². The van der Waals surface area contributed by atoms with E-state index in [4.69, 9.17) is 0 Å². The number of nitrogens with one attached hydrogen (secondary N) is 3. The first-order chi connectivity index (χ1) is 12.4. The van der Waals surface area contributed by atoms with Crippen LogP contribution in [0.5, 0.6) is 0 Å². The summed E-state index contributed by atoms with van der Waals surface area (Å²) in [7, 11) is 3.27. The summed E-state index contributed by atoms with van der Waals surface area (Å²) in [6.07, 6.45) is 0. The third kappa shape index (κ3) is 5.34. The van der Waals surface area contributed by atoms with Crippen LogP contribution in [0.3, 0.4) is 0 Å². The van der Waals surface area contributed by atoms with E-state index in [-0.39, 0.29) is 12.5 Å². The summed E-state index contributed by atoms with van der Waals surface area (Å²) in [5.41, 5.74) is 2.44. The van der Waals surface area contributed by atoms with E-state index < -0.39 is 11.9 Å². The van der Waals surface area contributed by atoms with Crippen LogP contribution in [-0.4, -0.2) is 43.4 Å². The van der Waals surface area contributed by atoms with E-state index in [0.717, 1.165) is 5.56 Å². The lowest BCUT2D eigenvalue weighted by Gasteiger charge is -2.15. The number of benzene rings is 2. The smallest absolute Gasteiger partial charge is 0.319 e. The first-order valence-corrected chi connectivity index (χ1v) is 8.09. The predicted octanol–water partition coefficient (Wildman–Crippen LogP) is 2.46. The van der Waals surface area contributed by atoms with Crippen molar-refractivity contribution in [2.75, 3.05) is 31.3 Å². The van der Waals surface area contributed by atoms with Crippen LogP contribution in [-0.2, 0) is 4.79 Å². The van der Waals surface area contributed by atoms with Crippen molar-refractivity contribution in [2.45, 2.75) is 6.92 Å². The summed E-state index contributed by atoms with van der Waals surface area (Å²) < 4.78 is 0. The van der Waals surface area contributed by atoms with Crippen LogP contribution in [0.4, 0.5) is 16.2 Å². The zero-order chi connectivity index (χ0) is 19.1. The number of rotatable bonds is 5. The van der Waals surface area contributed by atoms with Gasteiger partial charge in [0, 0.05) is 19.8 Å². The zero-order valence-electron chi connectivity index (χ0n) is 15.0. The fourth-order valence-electron chi connectivity index (χ4n) is 2.27. The van der Waals surface area contributed by atoms with E-state index in [1.807, 2.05) is 25.1 Å². The molecule has 3 N–H and O–H groups in total. The van der Waals surface area contributed by atoms with Crippen molar-refractivity contribution in [1.82, 2.24) is 10.2 Å². The lowest BCUT2D eigenvalue weighted by atomic mass is 10.1. The van der Waals surface area contributed by atoms with Crippen LogP contribution in [0.1, 0.15) is 15.9 Å². The summed E-state index contributed by atoms with van der Waals surface area (Å²) >= 11 is 0. The molecule has 2 rings (SSSR count). The monoisotopic (exact) mass is 354 g/mol. The van der Waals surface area contributed by atoms with E-state index in [9.17, 15) is 14.4 Å². The number of hydrogen-bond donors (Lipinski definition) is 3. The molecule has 0 unspecified atom stereocenters. The second-order valence-corrected chi connectivity index (χ2v) is 5.97. The summed E-state index contributed by atoms with van der Waals surface area (Å²) in [6.45, 7) is 1.70. The highest BCUT2D eigenvalue weighted by atomic mass is 16.2. The van der Waals surface area contributed by atoms with Crippen molar-refractivity contribution in [3.05, 3.63) is 59.7 Å². The van der Waals surface area contributed by atoms with Gasteiger partial charge in [-0.3, -0.25) is 9.59 Å². The molecule has 26 heavy (non-hydrogen) atoms. The molecule has 0 aliphatic heterocycles. The number of anilines is 2. The summed E-state index contributed by atoms with van der Waals surface area (Å²) in [6, 6.07) is 13.6. The highest BCUT2D eigenvalue weighted by Crippen LogP contribution is 2.16. The van der Waals surface area contributed by atoms with Gasteiger partial charge in [-0.05, 0) is 36.8 Å². The number of aryl methyl sites for hydroxylation is 1. The van der Waals surface area contributed by atoms with Gasteiger partial charge in [-0.1, -0.05) is 24.3 Å². The summed E-state index contributed by atoms with van der Waals surface area (Å²) in [5.74, 6) is -0.644. The van der Waals surface area contributed by atoms with Gasteiger partial charge in [-0.25, -0.2) is 4.79 Å². The van der Waals surface area contributed by atoms with Crippen molar-refractivity contribution in [3.63, 3.8) is 0 Å². The normalized spacial score (nSPS) is 9.96. The van der Waals surface area contributed by atoms with Gasteiger partial charge in [0.1, 0.15) is 0 Å². The molecule has 0 radical (unpaired) electrons. The van der Waals surface area contributed by atoms with Crippen molar-refractivity contribution < 1.29 is 14.4 Å². The fraction of sp³-hybridized carbons (Fsp3) is 0.211. The Balaban J connectivity index is 1.91. The van der Waals surface area contributed by atoms with Crippen molar-refractivity contribution >= 4 is 29.2 Å². The van der Waals surface area contributed by atoms with Crippen molar-refractivity contribution in [2.24, 2.45) is 0 Å². The lowest BCUT2D eigenvalue weighted by molar-refractivity contribution is -0.115. The number of amides is 4. The number of urea groups is 1. The molecule has 4 amide bonds. The van der Waals surface area contributed by atoms with Crippen molar-refractivity contribution in [1.29, 1.82) is 0 Å². The Hall–Kier alpha value is -3.35. The Morgan fingerprint density at radius 2 is 1.69 bits per heavy atom. The van der Waals surface area contributed by atoms with E-state index in [2.05, 4.69) is 16.0 Å². The van der Waals surface area contributed by atoms with E-state index in [1.165, 1.54) is 4.90 Å². The Morgan fingerprint density at radius 1 is 0.962 bits per heavy atom. The molecule has 0 atom stereocenters. The second kappa shape index (κ2) is 8.66. The van der Waals surface area contributed by atoms with Crippen LogP contribution in [0.25, 0.3) is 0 Å². The third-order valence-electron chi connectivity index (χ3n) is 3.52. The molecule has 0 saturated carbocycles. The molecule has 0 spiro atoms. The number of carbonyl (C=O) groups excluding carboxylic acids is 3. The zero-order valence-corrected chi connectivity index (χ0v) is 15.0. The summed E-state index contributed by atoms with van der Waals surface area (Å²) in [4.78, 5) is 37.5. The minimum atomic E-state index is -0.483.